The minimum absolute atomic E-state index is 0.0331. The molecule has 1 unspecified atom stereocenters. The second-order valence-corrected chi connectivity index (χ2v) is 5.67. The fourth-order valence-electron chi connectivity index (χ4n) is 2.03. The summed E-state index contributed by atoms with van der Waals surface area (Å²) in [5.74, 6) is -0.855. The van der Waals surface area contributed by atoms with Crippen LogP contribution in [0.3, 0.4) is 0 Å². The summed E-state index contributed by atoms with van der Waals surface area (Å²) in [6, 6.07) is 2.51. The van der Waals surface area contributed by atoms with Gasteiger partial charge in [-0.1, -0.05) is 0 Å². The van der Waals surface area contributed by atoms with E-state index in [2.05, 4.69) is 26.1 Å². The topological polar surface area (TPSA) is 67.6 Å². The Bertz CT molecular complexity index is 513. The summed E-state index contributed by atoms with van der Waals surface area (Å²) in [6.45, 7) is 2.73. The highest BCUT2D eigenvalue weighted by atomic mass is 79.9. The number of carbonyl (C=O) groups excluding carboxylic acids is 1. The van der Waals surface area contributed by atoms with Crippen molar-refractivity contribution in [3.05, 3.63) is 28.0 Å². The first-order valence-electron chi connectivity index (χ1n) is 6.30. The number of amides is 1. The lowest BCUT2D eigenvalue weighted by Crippen LogP contribution is -2.46. The van der Waals surface area contributed by atoms with Crippen LogP contribution in [0.15, 0.2) is 16.6 Å². The highest BCUT2D eigenvalue weighted by molar-refractivity contribution is 9.10. The average Bonchev–Trinajstić information content (AvgIpc) is 2.40. The first-order valence-corrected chi connectivity index (χ1v) is 7.09. The van der Waals surface area contributed by atoms with Crippen molar-refractivity contribution in [2.24, 2.45) is 0 Å². The Kier molecular flexibility index (Phi) is 4.95. The molecule has 2 rings (SSSR count). The Hall–Kier alpha value is -1.18. The van der Waals surface area contributed by atoms with Crippen LogP contribution in [0, 0.1) is 5.82 Å². The molecule has 1 amide bonds. The molecule has 1 saturated heterocycles. The zero-order chi connectivity index (χ0) is 14.7. The van der Waals surface area contributed by atoms with Gasteiger partial charge in [-0.2, -0.15) is 0 Å². The first kappa shape index (κ1) is 15.2. The summed E-state index contributed by atoms with van der Waals surface area (Å²) in [7, 11) is 2.01. The van der Waals surface area contributed by atoms with E-state index in [-0.39, 0.29) is 17.7 Å². The van der Waals surface area contributed by atoms with Crippen molar-refractivity contribution < 1.29 is 13.9 Å². The molecule has 5 nitrogen and oxygen atoms in total. The average molecular weight is 346 g/mol. The van der Waals surface area contributed by atoms with Gasteiger partial charge in [0.25, 0.3) is 5.91 Å². The second-order valence-electron chi connectivity index (χ2n) is 4.82. The molecule has 0 bridgehead atoms. The molecule has 0 saturated carbocycles. The largest absolute Gasteiger partial charge is 0.396 e. The summed E-state index contributed by atoms with van der Waals surface area (Å²) < 4.78 is 19.2. The van der Waals surface area contributed by atoms with Gasteiger partial charge in [0.1, 0.15) is 5.82 Å². The molecule has 20 heavy (non-hydrogen) atoms. The number of benzene rings is 1. The molecule has 1 aliphatic rings. The molecule has 0 aromatic heterocycles. The molecule has 1 fully saturated rings. The van der Waals surface area contributed by atoms with Gasteiger partial charge >= 0.3 is 0 Å². The minimum Gasteiger partial charge on any atom is -0.396 e. The third-order valence-electron chi connectivity index (χ3n) is 3.16. The Labute approximate surface area is 125 Å². The van der Waals surface area contributed by atoms with E-state index in [9.17, 15) is 9.18 Å². The monoisotopic (exact) mass is 345 g/mol. The number of likely N-dealkylation sites (N-methyl/N-ethyl adjacent to an activating group) is 1. The number of nitrogens with zero attached hydrogens (tertiary/aromatic N) is 1. The number of nitrogen functional groups attached to an aromatic ring is 1. The van der Waals surface area contributed by atoms with E-state index in [1.807, 2.05) is 7.05 Å². The van der Waals surface area contributed by atoms with Crippen LogP contribution in [-0.4, -0.2) is 50.2 Å². The third kappa shape index (κ3) is 3.68. The molecule has 1 aromatic rings. The van der Waals surface area contributed by atoms with Crippen LogP contribution >= 0.6 is 15.9 Å². The van der Waals surface area contributed by atoms with E-state index in [1.165, 1.54) is 12.1 Å². The number of halogens is 2. The van der Waals surface area contributed by atoms with Gasteiger partial charge in [-0.05, 0) is 35.1 Å². The van der Waals surface area contributed by atoms with Crippen molar-refractivity contribution in [2.75, 3.05) is 39.0 Å². The van der Waals surface area contributed by atoms with Gasteiger partial charge < -0.3 is 20.7 Å². The van der Waals surface area contributed by atoms with E-state index >= 15 is 0 Å². The van der Waals surface area contributed by atoms with E-state index in [0.717, 1.165) is 13.1 Å². The van der Waals surface area contributed by atoms with Gasteiger partial charge in [-0.25, -0.2) is 4.39 Å². The van der Waals surface area contributed by atoms with E-state index in [4.69, 9.17) is 10.5 Å². The normalized spacial score (nSPS) is 19.9. The van der Waals surface area contributed by atoms with Gasteiger partial charge in [0.15, 0.2) is 0 Å². The van der Waals surface area contributed by atoms with Crippen LogP contribution in [0.25, 0.3) is 0 Å². The lowest BCUT2D eigenvalue weighted by atomic mass is 10.1. The van der Waals surface area contributed by atoms with E-state index in [1.54, 1.807) is 0 Å². The van der Waals surface area contributed by atoms with Crippen molar-refractivity contribution >= 4 is 27.5 Å². The number of nitrogens with two attached hydrogens (primary N) is 1. The summed E-state index contributed by atoms with van der Waals surface area (Å²) >= 11 is 3.16. The molecule has 0 spiro atoms. The predicted molar refractivity (Wildman–Crippen MR) is 78.1 cm³/mol. The van der Waals surface area contributed by atoms with Gasteiger partial charge in [-0.3, -0.25) is 4.79 Å². The van der Waals surface area contributed by atoms with Gasteiger partial charge in [0.05, 0.1) is 24.0 Å². The number of carbonyl (C=O) groups is 1. The van der Waals surface area contributed by atoms with Crippen LogP contribution in [-0.2, 0) is 4.74 Å². The van der Waals surface area contributed by atoms with Crippen LogP contribution in [0.5, 0.6) is 0 Å². The number of ether oxygens (including phenoxy) is 1. The molecule has 7 heteroatoms. The lowest BCUT2D eigenvalue weighted by molar-refractivity contribution is -0.0175. The molecular weight excluding hydrogens is 329 g/mol. The molecule has 1 heterocycles. The zero-order valence-corrected chi connectivity index (χ0v) is 12.7. The highest BCUT2D eigenvalue weighted by Gasteiger charge is 2.19. The van der Waals surface area contributed by atoms with Gasteiger partial charge in [-0.15, -0.1) is 0 Å². The quantitative estimate of drug-likeness (QED) is 0.808. The zero-order valence-electron chi connectivity index (χ0n) is 11.2. The Morgan fingerprint density at radius 3 is 3.10 bits per heavy atom. The molecule has 1 aliphatic heterocycles. The number of morpholine rings is 1. The summed E-state index contributed by atoms with van der Waals surface area (Å²) in [4.78, 5) is 14.2. The van der Waals surface area contributed by atoms with Crippen LogP contribution in [0.1, 0.15) is 10.4 Å². The number of nitrogens with one attached hydrogen (secondary N) is 1. The summed E-state index contributed by atoms with van der Waals surface area (Å²) in [5.41, 5.74) is 5.74. The van der Waals surface area contributed by atoms with Crippen LogP contribution in [0.2, 0.25) is 0 Å². The first-order chi connectivity index (χ1) is 9.47. The fourth-order valence-corrected chi connectivity index (χ4v) is 2.53. The molecule has 3 N–H and O–H groups in total. The van der Waals surface area contributed by atoms with Gasteiger partial charge in [0, 0.05) is 24.1 Å². The number of hydrogen-bond donors (Lipinski definition) is 2. The van der Waals surface area contributed by atoms with Gasteiger partial charge in [0.2, 0.25) is 0 Å². The highest BCUT2D eigenvalue weighted by Crippen LogP contribution is 2.22. The predicted octanol–water partition coefficient (Wildman–Crippen LogP) is 1.23. The maximum atomic E-state index is 13.2. The standard InChI is InChI=1S/C13H17BrFN3O2/c1-18-2-3-20-8(7-18)6-17-13(19)9-4-12(16)11(15)5-10(9)14/h4-5,8H,2-3,6-7,16H2,1H3,(H,17,19). The maximum absolute atomic E-state index is 13.2. The van der Waals surface area contributed by atoms with Crippen molar-refractivity contribution in [3.8, 4) is 0 Å². The number of rotatable bonds is 3. The smallest absolute Gasteiger partial charge is 0.252 e. The van der Waals surface area contributed by atoms with Crippen LogP contribution < -0.4 is 11.1 Å². The summed E-state index contributed by atoms with van der Waals surface area (Å²) in [6.07, 6.45) is -0.0331. The summed E-state index contributed by atoms with van der Waals surface area (Å²) in [5, 5.41) is 2.78. The SMILES string of the molecule is CN1CCOC(CNC(=O)c2cc(N)c(F)cc2Br)C1. The second kappa shape index (κ2) is 6.51. The molecule has 0 aliphatic carbocycles. The maximum Gasteiger partial charge on any atom is 0.252 e. The molecule has 1 atom stereocenters. The number of anilines is 1. The third-order valence-corrected chi connectivity index (χ3v) is 3.82. The molecular formula is C13H17BrFN3O2. The lowest BCUT2D eigenvalue weighted by Gasteiger charge is -2.30. The Morgan fingerprint density at radius 1 is 1.65 bits per heavy atom. The van der Waals surface area contributed by atoms with Crippen molar-refractivity contribution in [1.82, 2.24) is 10.2 Å². The van der Waals surface area contributed by atoms with Crippen molar-refractivity contribution in [3.63, 3.8) is 0 Å². The van der Waals surface area contributed by atoms with Crippen LogP contribution in [0.4, 0.5) is 10.1 Å². The molecule has 110 valence electrons. The fraction of sp³-hybridized carbons (Fsp3) is 0.462. The van der Waals surface area contributed by atoms with Crippen molar-refractivity contribution in [2.45, 2.75) is 6.10 Å². The van der Waals surface area contributed by atoms with E-state index in [0.29, 0.717) is 23.2 Å². The Balaban J connectivity index is 1.96. The minimum atomic E-state index is -0.550. The van der Waals surface area contributed by atoms with Crippen molar-refractivity contribution in [1.29, 1.82) is 0 Å². The Morgan fingerprint density at radius 2 is 2.40 bits per heavy atom. The van der Waals surface area contributed by atoms with E-state index < -0.39 is 5.82 Å². The molecule has 0 radical (unpaired) electrons. The number of hydrogen-bond acceptors (Lipinski definition) is 4. The molecule has 1 aromatic carbocycles.